The molecule has 0 saturated carbocycles. The summed E-state index contributed by atoms with van der Waals surface area (Å²) in [5, 5.41) is 7.91. The van der Waals surface area contributed by atoms with E-state index in [1.807, 2.05) is 29.8 Å². The standard InChI is InChI=1S/C33H32N4O6S2/c1-2-23-13-15-26(16-14-23)30(38)36-32(44)34-27-17-19-28(20-18-27)45(41,42)37-31(39)29(21-24-9-5-3-6-10-24)35-33(40)43-22-25-11-7-4-8-12-25/h3-20,29H,2,21-22H2,1H3,(H,35,40)(H,37,39)(H2,34,36,38,44)/t29-/m0/s1. The monoisotopic (exact) mass is 644 g/mol. The van der Waals surface area contributed by atoms with Crippen molar-refractivity contribution in [1.29, 1.82) is 0 Å². The molecule has 0 radical (unpaired) electrons. The number of amides is 3. The lowest BCUT2D eigenvalue weighted by molar-refractivity contribution is -0.121. The molecule has 0 saturated heterocycles. The Hall–Kier alpha value is -5.07. The highest BCUT2D eigenvalue weighted by atomic mass is 32.2. The molecular weight excluding hydrogens is 613 g/mol. The zero-order valence-electron chi connectivity index (χ0n) is 24.4. The lowest BCUT2D eigenvalue weighted by atomic mass is 10.1. The number of nitrogens with one attached hydrogen (secondary N) is 4. The van der Waals surface area contributed by atoms with Gasteiger partial charge in [0.25, 0.3) is 21.8 Å². The number of sulfonamides is 1. The molecule has 0 aromatic heterocycles. The van der Waals surface area contributed by atoms with Crippen LogP contribution in [-0.2, 0) is 39.0 Å². The highest BCUT2D eigenvalue weighted by Crippen LogP contribution is 2.15. The first-order chi connectivity index (χ1) is 21.6. The minimum absolute atomic E-state index is 0.0236. The zero-order chi connectivity index (χ0) is 32.2. The number of aryl methyl sites for hydroxylation is 1. The maximum Gasteiger partial charge on any atom is 0.408 e. The Morgan fingerprint density at radius 1 is 0.778 bits per heavy atom. The van der Waals surface area contributed by atoms with E-state index in [4.69, 9.17) is 17.0 Å². The first-order valence-corrected chi connectivity index (χ1v) is 15.9. The Bertz CT molecular complexity index is 1730. The van der Waals surface area contributed by atoms with Gasteiger partial charge >= 0.3 is 6.09 Å². The fourth-order valence-electron chi connectivity index (χ4n) is 4.18. The van der Waals surface area contributed by atoms with Gasteiger partial charge in [0.05, 0.1) is 4.90 Å². The smallest absolute Gasteiger partial charge is 0.408 e. The number of carbonyl (C=O) groups excluding carboxylic acids is 3. The van der Waals surface area contributed by atoms with Crippen molar-refractivity contribution in [1.82, 2.24) is 15.4 Å². The van der Waals surface area contributed by atoms with Gasteiger partial charge in [-0.25, -0.2) is 17.9 Å². The number of rotatable bonds is 11. The van der Waals surface area contributed by atoms with Crippen molar-refractivity contribution in [2.45, 2.75) is 37.3 Å². The van der Waals surface area contributed by atoms with Crippen molar-refractivity contribution in [3.8, 4) is 0 Å². The summed E-state index contributed by atoms with van der Waals surface area (Å²) in [6.45, 7) is 2.00. The Kier molecular flexibility index (Phi) is 11.4. The van der Waals surface area contributed by atoms with E-state index in [1.54, 1.807) is 66.7 Å². The van der Waals surface area contributed by atoms with Crippen LogP contribution in [0.5, 0.6) is 0 Å². The van der Waals surface area contributed by atoms with Crippen molar-refractivity contribution in [3.05, 3.63) is 131 Å². The SMILES string of the molecule is CCc1ccc(C(=O)NC(=S)Nc2ccc(S(=O)(=O)NC(=O)[C@H](Cc3ccccc3)NC(=O)OCc3ccccc3)cc2)cc1. The normalized spacial score (nSPS) is 11.5. The van der Waals surface area contributed by atoms with Crippen LogP contribution in [0.1, 0.15) is 34.0 Å². The van der Waals surface area contributed by atoms with Crippen LogP contribution in [0.3, 0.4) is 0 Å². The number of ether oxygens (including phenoxy) is 1. The summed E-state index contributed by atoms with van der Waals surface area (Å²) >= 11 is 5.22. The predicted molar refractivity (Wildman–Crippen MR) is 175 cm³/mol. The number of anilines is 1. The number of hydrogen-bond acceptors (Lipinski definition) is 7. The molecule has 3 amide bonds. The minimum atomic E-state index is -4.32. The molecule has 0 unspecified atom stereocenters. The van der Waals surface area contributed by atoms with E-state index >= 15 is 0 Å². The van der Waals surface area contributed by atoms with Gasteiger partial charge in [-0.05, 0) is 71.7 Å². The van der Waals surface area contributed by atoms with Crippen LogP contribution in [0.4, 0.5) is 10.5 Å². The molecule has 1 atom stereocenters. The lowest BCUT2D eigenvalue weighted by Crippen LogP contribution is -2.49. The summed E-state index contributed by atoms with van der Waals surface area (Å²) in [5.41, 5.74) is 3.41. The fraction of sp³-hybridized carbons (Fsp3) is 0.152. The molecule has 45 heavy (non-hydrogen) atoms. The van der Waals surface area contributed by atoms with E-state index in [9.17, 15) is 22.8 Å². The zero-order valence-corrected chi connectivity index (χ0v) is 26.0. The molecule has 4 N–H and O–H groups in total. The number of thiocarbonyl (C=S) groups is 1. The fourth-order valence-corrected chi connectivity index (χ4v) is 5.41. The van der Waals surface area contributed by atoms with Gasteiger partial charge in [-0.1, -0.05) is 79.7 Å². The molecule has 4 rings (SSSR count). The quantitative estimate of drug-likeness (QED) is 0.172. The third-order valence-electron chi connectivity index (χ3n) is 6.61. The Labute approximate surface area is 267 Å². The van der Waals surface area contributed by atoms with Crippen LogP contribution in [-0.4, -0.2) is 37.5 Å². The molecule has 0 aliphatic heterocycles. The van der Waals surface area contributed by atoms with E-state index in [0.717, 1.165) is 17.5 Å². The third-order valence-corrected chi connectivity index (χ3v) is 8.18. The van der Waals surface area contributed by atoms with Crippen LogP contribution in [0.15, 0.2) is 114 Å². The molecule has 0 aliphatic carbocycles. The van der Waals surface area contributed by atoms with Gasteiger partial charge in [0.15, 0.2) is 5.11 Å². The molecule has 4 aromatic carbocycles. The van der Waals surface area contributed by atoms with Crippen LogP contribution >= 0.6 is 12.2 Å². The van der Waals surface area contributed by atoms with Gasteiger partial charge in [-0.3, -0.25) is 14.9 Å². The molecule has 0 heterocycles. The van der Waals surface area contributed by atoms with E-state index < -0.39 is 28.1 Å². The molecule has 0 bridgehead atoms. The molecular formula is C33H32N4O6S2. The van der Waals surface area contributed by atoms with Gasteiger partial charge in [0, 0.05) is 17.7 Å². The first-order valence-electron chi connectivity index (χ1n) is 14.0. The second-order valence-corrected chi connectivity index (χ2v) is 12.0. The van der Waals surface area contributed by atoms with Crippen LogP contribution in [0.25, 0.3) is 0 Å². The highest BCUT2D eigenvalue weighted by Gasteiger charge is 2.27. The van der Waals surface area contributed by atoms with E-state index in [0.29, 0.717) is 16.8 Å². The third kappa shape index (κ3) is 9.98. The predicted octanol–water partition coefficient (Wildman–Crippen LogP) is 4.72. The average molecular weight is 645 g/mol. The summed E-state index contributed by atoms with van der Waals surface area (Å²) in [7, 11) is -4.32. The molecule has 0 spiro atoms. The van der Waals surface area contributed by atoms with E-state index in [-0.39, 0.29) is 28.9 Å². The molecule has 10 nitrogen and oxygen atoms in total. The van der Waals surface area contributed by atoms with Gasteiger partial charge < -0.3 is 15.4 Å². The topological polar surface area (TPSA) is 143 Å². The van der Waals surface area contributed by atoms with E-state index in [1.165, 1.54) is 24.3 Å². The Morgan fingerprint density at radius 2 is 1.38 bits per heavy atom. The van der Waals surface area contributed by atoms with Gasteiger partial charge in [0.2, 0.25) is 0 Å². The number of carbonyl (C=O) groups is 3. The number of hydrogen-bond donors (Lipinski definition) is 4. The van der Waals surface area contributed by atoms with Gasteiger partial charge in [-0.15, -0.1) is 0 Å². The Balaban J connectivity index is 1.37. The maximum atomic E-state index is 13.2. The molecule has 232 valence electrons. The van der Waals surface area contributed by atoms with Crippen molar-refractivity contribution in [2.75, 3.05) is 5.32 Å². The summed E-state index contributed by atoms with van der Waals surface area (Å²) in [5.74, 6) is -1.33. The second kappa shape index (κ2) is 15.6. The number of alkyl carbamates (subject to hydrolysis) is 1. The lowest BCUT2D eigenvalue weighted by Gasteiger charge is -2.19. The molecule has 0 fully saturated rings. The molecule has 12 heteroatoms. The molecule has 0 aliphatic rings. The van der Waals surface area contributed by atoms with Crippen LogP contribution in [0.2, 0.25) is 0 Å². The summed E-state index contributed by atoms with van der Waals surface area (Å²) in [6.07, 6.45) is 0.00713. The largest absolute Gasteiger partial charge is 0.445 e. The minimum Gasteiger partial charge on any atom is -0.445 e. The van der Waals surface area contributed by atoms with Gasteiger partial charge in [-0.2, -0.15) is 0 Å². The maximum absolute atomic E-state index is 13.2. The Morgan fingerprint density at radius 3 is 1.98 bits per heavy atom. The van der Waals surface area contributed by atoms with Crippen molar-refractivity contribution in [2.24, 2.45) is 0 Å². The van der Waals surface area contributed by atoms with Crippen LogP contribution < -0.4 is 20.7 Å². The van der Waals surface area contributed by atoms with Crippen molar-refractivity contribution < 1.29 is 27.5 Å². The number of benzene rings is 4. The van der Waals surface area contributed by atoms with Crippen molar-refractivity contribution in [3.63, 3.8) is 0 Å². The highest BCUT2D eigenvalue weighted by molar-refractivity contribution is 7.90. The second-order valence-electron chi connectivity index (χ2n) is 9.90. The molecule has 4 aromatic rings. The first kappa shape index (κ1) is 32.8. The summed E-state index contributed by atoms with van der Waals surface area (Å²) in [4.78, 5) is 38.0. The van der Waals surface area contributed by atoms with Crippen molar-refractivity contribution >= 4 is 50.9 Å². The van der Waals surface area contributed by atoms with Gasteiger partial charge in [0.1, 0.15) is 12.6 Å². The average Bonchev–Trinajstić information content (AvgIpc) is 3.04. The van der Waals surface area contributed by atoms with Crippen LogP contribution in [0, 0.1) is 0 Å². The van der Waals surface area contributed by atoms with E-state index in [2.05, 4.69) is 16.0 Å². The summed E-state index contributed by atoms with van der Waals surface area (Å²) < 4.78 is 33.5. The summed E-state index contributed by atoms with van der Waals surface area (Å²) in [6, 6.07) is 29.2.